The van der Waals surface area contributed by atoms with E-state index in [0.29, 0.717) is 12.1 Å². The van der Waals surface area contributed by atoms with Gasteiger partial charge in [0.1, 0.15) is 0 Å². The summed E-state index contributed by atoms with van der Waals surface area (Å²) in [5, 5.41) is 0. The molecule has 1 aliphatic heterocycles. The van der Waals surface area contributed by atoms with Gasteiger partial charge in [0.15, 0.2) is 0 Å². The molecule has 1 saturated heterocycles. The van der Waals surface area contributed by atoms with Gasteiger partial charge in [-0.15, -0.1) is 0 Å². The number of nitrogens with two attached hydrogens (primary N) is 1. The van der Waals surface area contributed by atoms with Crippen molar-refractivity contribution >= 4 is 0 Å². The highest BCUT2D eigenvalue weighted by Gasteiger charge is 2.30. The molecule has 3 unspecified atom stereocenters. The molecule has 0 aromatic rings. The molecular weight excluding hydrogens is 236 g/mol. The van der Waals surface area contributed by atoms with Gasteiger partial charge in [-0.1, -0.05) is 13.3 Å². The Morgan fingerprint density at radius 2 is 1.84 bits per heavy atom. The van der Waals surface area contributed by atoms with E-state index in [0.717, 1.165) is 18.4 Å². The summed E-state index contributed by atoms with van der Waals surface area (Å²) in [5.74, 6) is 1.65. The lowest BCUT2D eigenvalue weighted by Crippen LogP contribution is -2.46. The third-order valence-electron chi connectivity index (χ3n) is 5.16. The molecule has 2 fully saturated rings. The molecule has 1 saturated carbocycles. The van der Waals surface area contributed by atoms with Gasteiger partial charge in [-0.3, -0.25) is 0 Å². The molecule has 0 radical (unpaired) electrons. The highest BCUT2D eigenvalue weighted by Crippen LogP contribution is 2.31. The highest BCUT2D eigenvalue weighted by atomic mass is 16.5. The molecule has 112 valence electrons. The lowest BCUT2D eigenvalue weighted by Gasteiger charge is -2.39. The first-order valence-corrected chi connectivity index (χ1v) is 8.32. The fourth-order valence-corrected chi connectivity index (χ4v) is 3.79. The van der Waals surface area contributed by atoms with Crippen LogP contribution < -0.4 is 5.73 Å². The maximum Gasteiger partial charge on any atom is 0.0599 e. The van der Waals surface area contributed by atoms with Gasteiger partial charge in [0.2, 0.25) is 0 Å². The SMILES string of the molecule is CCOC1CCN(CC2CC(CC)CCC2N)CC1. The normalized spacial score (nSPS) is 34.6. The van der Waals surface area contributed by atoms with Crippen molar-refractivity contribution in [2.75, 3.05) is 26.2 Å². The van der Waals surface area contributed by atoms with Crippen LogP contribution in [-0.4, -0.2) is 43.3 Å². The van der Waals surface area contributed by atoms with Crippen molar-refractivity contribution in [3.63, 3.8) is 0 Å². The molecule has 0 amide bonds. The van der Waals surface area contributed by atoms with Crippen LogP contribution in [0.25, 0.3) is 0 Å². The Morgan fingerprint density at radius 3 is 2.47 bits per heavy atom. The minimum absolute atomic E-state index is 0.437. The van der Waals surface area contributed by atoms with E-state index in [1.165, 1.54) is 58.2 Å². The minimum Gasteiger partial charge on any atom is -0.378 e. The first-order chi connectivity index (χ1) is 9.22. The van der Waals surface area contributed by atoms with Gasteiger partial charge in [0.05, 0.1) is 6.10 Å². The van der Waals surface area contributed by atoms with Crippen LogP contribution in [0.15, 0.2) is 0 Å². The van der Waals surface area contributed by atoms with E-state index in [2.05, 4.69) is 18.7 Å². The van der Waals surface area contributed by atoms with Crippen molar-refractivity contribution in [1.82, 2.24) is 4.90 Å². The molecular formula is C16H32N2O. The van der Waals surface area contributed by atoms with Crippen LogP contribution in [0.1, 0.15) is 52.4 Å². The smallest absolute Gasteiger partial charge is 0.0599 e. The van der Waals surface area contributed by atoms with Gasteiger partial charge in [0.25, 0.3) is 0 Å². The Morgan fingerprint density at radius 1 is 1.11 bits per heavy atom. The van der Waals surface area contributed by atoms with Gasteiger partial charge < -0.3 is 15.4 Å². The predicted octanol–water partition coefficient (Wildman–Crippen LogP) is 2.64. The second-order valence-corrected chi connectivity index (χ2v) is 6.47. The van der Waals surface area contributed by atoms with Crippen LogP contribution in [0.2, 0.25) is 0 Å². The zero-order valence-electron chi connectivity index (χ0n) is 12.8. The van der Waals surface area contributed by atoms with Crippen LogP contribution in [0.4, 0.5) is 0 Å². The number of ether oxygens (including phenoxy) is 1. The summed E-state index contributed by atoms with van der Waals surface area (Å²) in [4.78, 5) is 2.62. The highest BCUT2D eigenvalue weighted by molar-refractivity contribution is 4.85. The summed E-state index contributed by atoms with van der Waals surface area (Å²) in [5.41, 5.74) is 6.34. The summed E-state index contributed by atoms with van der Waals surface area (Å²) in [6.07, 6.45) is 8.17. The van der Waals surface area contributed by atoms with E-state index >= 15 is 0 Å². The molecule has 2 N–H and O–H groups in total. The number of piperidine rings is 1. The summed E-state index contributed by atoms with van der Waals surface area (Å²) in [6.45, 7) is 8.90. The molecule has 0 bridgehead atoms. The molecule has 1 heterocycles. The third kappa shape index (κ3) is 4.44. The van der Waals surface area contributed by atoms with E-state index in [-0.39, 0.29) is 0 Å². The monoisotopic (exact) mass is 268 g/mol. The van der Waals surface area contributed by atoms with Crippen LogP contribution in [-0.2, 0) is 4.74 Å². The van der Waals surface area contributed by atoms with Gasteiger partial charge in [-0.25, -0.2) is 0 Å². The zero-order chi connectivity index (χ0) is 13.7. The zero-order valence-corrected chi connectivity index (χ0v) is 12.8. The molecule has 2 rings (SSSR count). The van der Waals surface area contributed by atoms with Crippen LogP contribution in [0.5, 0.6) is 0 Å². The van der Waals surface area contributed by atoms with Crippen molar-refractivity contribution in [3.05, 3.63) is 0 Å². The molecule has 1 aliphatic carbocycles. The topological polar surface area (TPSA) is 38.5 Å². The molecule has 3 nitrogen and oxygen atoms in total. The molecule has 3 atom stereocenters. The first kappa shape index (κ1) is 15.3. The minimum atomic E-state index is 0.437. The summed E-state index contributed by atoms with van der Waals surface area (Å²) < 4.78 is 5.73. The fourth-order valence-electron chi connectivity index (χ4n) is 3.79. The van der Waals surface area contributed by atoms with E-state index < -0.39 is 0 Å². The van der Waals surface area contributed by atoms with Crippen molar-refractivity contribution < 1.29 is 4.74 Å². The predicted molar refractivity (Wildman–Crippen MR) is 80.2 cm³/mol. The first-order valence-electron chi connectivity index (χ1n) is 8.32. The van der Waals surface area contributed by atoms with Crippen LogP contribution in [0.3, 0.4) is 0 Å². The van der Waals surface area contributed by atoms with Crippen molar-refractivity contribution in [1.29, 1.82) is 0 Å². The standard InChI is InChI=1S/C16H32N2O/c1-3-13-5-6-16(17)14(11-13)12-18-9-7-15(8-10-18)19-4-2/h13-16H,3-12,17H2,1-2H3. The number of likely N-dealkylation sites (tertiary alicyclic amines) is 1. The Bertz CT molecular complexity index is 251. The molecule has 2 aliphatic rings. The third-order valence-corrected chi connectivity index (χ3v) is 5.16. The maximum atomic E-state index is 6.34. The molecule has 3 heteroatoms. The lowest BCUT2D eigenvalue weighted by atomic mass is 9.77. The number of hydrogen-bond donors (Lipinski definition) is 1. The van der Waals surface area contributed by atoms with E-state index in [4.69, 9.17) is 10.5 Å². The summed E-state index contributed by atoms with van der Waals surface area (Å²) in [6, 6.07) is 0.437. The molecule has 0 aromatic heterocycles. The van der Waals surface area contributed by atoms with Crippen LogP contribution >= 0.6 is 0 Å². The lowest BCUT2D eigenvalue weighted by molar-refractivity contribution is 0.00777. The Kier molecular flexibility index (Phi) is 6.11. The fraction of sp³-hybridized carbons (Fsp3) is 1.00. The van der Waals surface area contributed by atoms with E-state index in [1.807, 2.05) is 0 Å². The Balaban J connectivity index is 1.74. The average Bonchev–Trinajstić information content (AvgIpc) is 2.44. The van der Waals surface area contributed by atoms with Gasteiger partial charge in [0, 0.05) is 32.3 Å². The quantitative estimate of drug-likeness (QED) is 0.833. The van der Waals surface area contributed by atoms with E-state index in [9.17, 15) is 0 Å². The van der Waals surface area contributed by atoms with Crippen molar-refractivity contribution in [3.8, 4) is 0 Å². The molecule has 0 aromatic carbocycles. The van der Waals surface area contributed by atoms with E-state index in [1.54, 1.807) is 0 Å². The Labute approximate surface area is 118 Å². The van der Waals surface area contributed by atoms with Crippen molar-refractivity contribution in [2.45, 2.75) is 64.5 Å². The Hall–Kier alpha value is -0.120. The summed E-state index contributed by atoms with van der Waals surface area (Å²) >= 11 is 0. The number of nitrogens with zero attached hydrogens (tertiary/aromatic N) is 1. The van der Waals surface area contributed by atoms with Gasteiger partial charge in [-0.2, -0.15) is 0 Å². The van der Waals surface area contributed by atoms with Crippen LogP contribution in [0, 0.1) is 11.8 Å². The largest absolute Gasteiger partial charge is 0.378 e. The second-order valence-electron chi connectivity index (χ2n) is 6.47. The van der Waals surface area contributed by atoms with Gasteiger partial charge in [-0.05, 0) is 50.9 Å². The van der Waals surface area contributed by atoms with Crippen molar-refractivity contribution in [2.24, 2.45) is 17.6 Å². The average molecular weight is 268 g/mol. The molecule has 0 spiro atoms. The second kappa shape index (κ2) is 7.61. The summed E-state index contributed by atoms with van der Waals surface area (Å²) in [7, 11) is 0. The number of rotatable bonds is 5. The van der Waals surface area contributed by atoms with Gasteiger partial charge >= 0.3 is 0 Å². The number of hydrogen-bond acceptors (Lipinski definition) is 3. The molecule has 19 heavy (non-hydrogen) atoms. The maximum absolute atomic E-state index is 6.34.